The van der Waals surface area contributed by atoms with Gasteiger partial charge in [0, 0.05) is 5.57 Å². The Kier molecular flexibility index (Phi) is 2.05. The maximum Gasteiger partial charge on any atom is 0.233 e. The molecule has 0 aromatic carbocycles. The molecule has 1 aliphatic carbocycles. The van der Waals surface area contributed by atoms with Crippen LogP contribution >= 0.6 is 0 Å². The van der Waals surface area contributed by atoms with Crippen molar-refractivity contribution in [3.05, 3.63) is 35.6 Å². The summed E-state index contributed by atoms with van der Waals surface area (Å²) in [6.45, 7) is 0. The Balaban J connectivity index is 2.91. The van der Waals surface area contributed by atoms with Gasteiger partial charge in [-0.1, -0.05) is 18.2 Å². The van der Waals surface area contributed by atoms with Crippen molar-refractivity contribution in [2.75, 3.05) is 0 Å². The summed E-state index contributed by atoms with van der Waals surface area (Å²) in [5.41, 5.74) is 6.66. The molecule has 0 saturated heterocycles. The molecule has 0 aliphatic heterocycles. The van der Waals surface area contributed by atoms with Gasteiger partial charge in [-0.25, -0.2) is 0 Å². The smallest absolute Gasteiger partial charge is 0.233 e. The maximum absolute atomic E-state index is 10.2. The van der Waals surface area contributed by atoms with E-state index in [1.54, 1.807) is 6.08 Å². The van der Waals surface area contributed by atoms with Crippen LogP contribution in [0.25, 0.3) is 0 Å². The summed E-state index contributed by atoms with van der Waals surface area (Å²) >= 11 is 0. The third kappa shape index (κ3) is 1.16. The lowest BCUT2D eigenvalue weighted by Gasteiger charge is -2.04. The highest BCUT2D eigenvalue weighted by Crippen LogP contribution is 2.15. The summed E-state index contributed by atoms with van der Waals surface area (Å²) in [5.74, 6) is 0. The molecular weight excluding hydrogens is 126 g/mol. The van der Waals surface area contributed by atoms with Gasteiger partial charge in [0.25, 0.3) is 0 Å². The van der Waals surface area contributed by atoms with Crippen molar-refractivity contribution in [1.82, 2.24) is 0 Å². The van der Waals surface area contributed by atoms with Gasteiger partial charge in [0.05, 0.1) is 0 Å². The van der Waals surface area contributed by atoms with Gasteiger partial charge in [-0.3, -0.25) is 4.79 Å². The summed E-state index contributed by atoms with van der Waals surface area (Å²) in [6, 6.07) is 0. The quantitative estimate of drug-likeness (QED) is 0.577. The van der Waals surface area contributed by atoms with Gasteiger partial charge in [-0.15, -0.1) is 0 Å². The van der Waals surface area contributed by atoms with Crippen molar-refractivity contribution < 1.29 is 4.79 Å². The summed E-state index contributed by atoms with van der Waals surface area (Å²) < 4.78 is 0. The molecule has 1 rings (SSSR count). The Morgan fingerprint density at radius 1 is 1.70 bits per heavy atom. The van der Waals surface area contributed by atoms with Gasteiger partial charge >= 0.3 is 0 Å². The van der Waals surface area contributed by atoms with E-state index in [4.69, 9.17) is 5.73 Å². The minimum atomic E-state index is 0.560. The number of nitrogens with two attached hydrogens (primary N) is 1. The van der Waals surface area contributed by atoms with Crippen LogP contribution in [-0.4, -0.2) is 6.29 Å². The summed E-state index contributed by atoms with van der Waals surface area (Å²) in [5, 5.41) is 0. The average molecular weight is 134 g/mol. The largest absolute Gasteiger partial charge is 0.404 e. The molecule has 2 N–H and O–H groups in total. The van der Waals surface area contributed by atoms with Crippen molar-refractivity contribution >= 4 is 6.29 Å². The SMILES string of the molecule is NC=C1CC=CC=C1[C]=O. The lowest BCUT2D eigenvalue weighted by molar-refractivity contribution is 0.562. The predicted octanol–water partition coefficient (Wildman–Crippen LogP) is 0.825. The number of carbonyl (C=O) groups excluding carboxylic acids is 1. The number of rotatable bonds is 1. The maximum atomic E-state index is 10.2. The molecule has 0 saturated carbocycles. The van der Waals surface area contributed by atoms with Gasteiger partial charge in [0.1, 0.15) is 0 Å². The first-order valence-corrected chi connectivity index (χ1v) is 3.04. The molecule has 0 amide bonds. The molecule has 1 radical (unpaired) electrons. The van der Waals surface area contributed by atoms with Crippen LogP contribution in [-0.2, 0) is 4.79 Å². The van der Waals surface area contributed by atoms with Gasteiger partial charge in [-0.2, -0.15) is 0 Å². The first kappa shape index (κ1) is 6.81. The molecule has 0 unspecified atom stereocenters. The van der Waals surface area contributed by atoms with Gasteiger partial charge in [0.2, 0.25) is 6.29 Å². The third-order valence-electron chi connectivity index (χ3n) is 1.39. The lowest BCUT2D eigenvalue weighted by Crippen LogP contribution is -1.96. The molecular formula is C8H8NO. The highest BCUT2D eigenvalue weighted by atomic mass is 16.1. The fourth-order valence-electron chi connectivity index (χ4n) is 0.834. The topological polar surface area (TPSA) is 43.1 Å². The third-order valence-corrected chi connectivity index (χ3v) is 1.39. The standard InChI is InChI=1S/C8H8NO/c9-5-7-3-1-2-4-8(7)6-10/h1-2,4-5H,3,9H2. The normalized spacial score (nSPS) is 20.8. The van der Waals surface area contributed by atoms with Crippen molar-refractivity contribution in [1.29, 1.82) is 0 Å². The van der Waals surface area contributed by atoms with Crippen LogP contribution in [0.4, 0.5) is 0 Å². The zero-order valence-corrected chi connectivity index (χ0v) is 5.50. The predicted molar refractivity (Wildman–Crippen MR) is 39.8 cm³/mol. The minimum Gasteiger partial charge on any atom is -0.404 e. The van der Waals surface area contributed by atoms with Crippen molar-refractivity contribution in [2.24, 2.45) is 5.73 Å². The molecule has 0 fully saturated rings. The Morgan fingerprint density at radius 3 is 3.00 bits per heavy atom. The Bertz CT molecular complexity index is 223. The number of hydrogen-bond donors (Lipinski definition) is 1. The van der Waals surface area contributed by atoms with Crippen LogP contribution in [0.15, 0.2) is 35.6 Å². The second kappa shape index (κ2) is 3.01. The van der Waals surface area contributed by atoms with Crippen molar-refractivity contribution in [2.45, 2.75) is 6.42 Å². The van der Waals surface area contributed by atoms with Gasteiger partial charge < -0.3 is 5.73 Å². The van der Waals surface area contributed by atoms with Crippen LogP contribution in [0.1, 0.15) is 6.42 Å². The monoisotopic (exact) mass is 134 g/mol. The van der Waals surface area contributed by atoms with Crippen LogP contribution in [0, 0.1) is 0 Å². The number of hydrogen-bond acceptors (Lipinski definition) is 2. The fourth-order valence-corrected chi connectivity index (χ4v) is 0.834. The molecule has 1 aliphatic rings. The Labute approximate surface area is 59.7 Å². The van der Waals surface area contributed by atoms with Crippen LogP contribution in [0.3, 0.4) is 0 Å². The Morgan fingerprint density at radius 2 is 2.50 bits per heavy atom. The van der Waals surface area contributed by atoms with Gasteiger partial charge in [0.15, 0.2) is 0 Å². The molecule has 0 aromatic rings. The van der Waals surface area contributed by atoms with Crippen molar-refractivity contribution in [3.63, 3.8) is 0 Å². The highest BCUT2D eigenvalue weighted by molar-refractivity contribution is 5.82. The lowest BCUT2D eigenvalue weighted by atomic mass is 10.0. The van der Waals surface area contributed by atoms with E-state index in [1.807, 2.05) is 18.4 Å². The van der Waals surface area contributed by atoms with E-state index in [1.165, 1.54) is 6.20 Å². The van der Waals surface area contributed by atoms with Crippen LogP contribution in [0.2, 0.25) is 0 Å². The van der Waals surface area contributed by atoms with E-state index in [0.717, 1.165) is 12.0 Å². The van der Waals surface area contributed by atoms with E-state index in [-0.39, 0.29) is 0 Å². The first-order chi connectivity index (χ1) is 4.88. The molecule has 2 heteroatoms. The second-order valence-electron chi connectivity index (χ2n) is 2.01. The fraction of sp³-hybridized carbons (Fsp3) is 0.125. The van der Waals surface area contributed by atoms with E-state index in [9.17, 15) is 4.79 Å². The van der Waals surface area contributed by atoms with Crippen LogP contribution < -0.4 is 5.73 Å². The number of allylic oxidation sites excluding steroid dienone is 5. The molecule has 10 heavy (non-hydrogen) atoms. The second-order valence-corrected chi connectivity index (χ2v) is 2.01. The zero-order valence-electron chi connectivity index (χ0n) is 5.50. The minimum absolute atomic E-state index is 0.560. The zero-order chi connectivity index (χ0) is 7.40. The summed E-state index contributed by atoms with van der Waals surface area (Å²) in [4.78, 5) is 10.2. The molecule has 0 heterocycles. The van der Waals surface area contributed by atoms with E-state index >= 15 is 0 Å². The Hall–Kier alpha value is -1.31. The molecule has 0 atom stereocenters. The molecule has 0 spiro atoms. The first-order valence-electron chi connectivity index (χ1n) is 3.04. The van der Waals surface area contributed by atoms with Gasteiger partial charge in [-0.05, 0) is 18.2 Å². The molecule has 51 valence electrons. The average Bonchev–Trinajstić information content (AvgIpc) is 2.04. The molecule has 2 nitrogen and oxygen atoms in total. The van der Waals surface area contributed by atoms with Crippen molar-refractivity contribution in [3.8, 4) is 0 Å². The molecule has 0 aromatic heterocycles. The summed E-state index contributed by atoms with van der Waals surface area (Å²) in [7, 11) is 0. The van der Waals surface area contributed by atoms with E-state index in [0.29, 0.717) is 5.57 Å². The summed E-state index contributed by atoms with van der Waals surface area (Å²) in [6.07, 6.45) is 9.47. The van der Waals surface area contributed by atoms with Crippen LogP contribution in [0.5, 0.6) is 0 Å². The van der Waals surface area contributed by atoms with E-state index < -0.39 is 0 Å². The van der Waals surface area contributed by atoms with E-state index in [2.05, 4.69) is 0 Å². The highest BCUT2D eigenvalue weighted by Gasteiger charge is 2.04. The molecule has 0 bridgehead atoms.